The van der Waals surface area contributed by atoms with Crippen molar-refractivity contribution in [2.45, 2.75) is 26.4 Å². The van der Waals surface area contributed by atoms with Gasteiger partial charge in [-0.15, -0.1) is 0 Å². The first-order valence-corrected chi connectivity index (χ1v) is 11.0. The zero-order chi connectivity index (χ0) is 21.0. The molecule has 5 rings (SSSR count). The smallest absolute Gasteiger partial charge is 0.241 e. The Bertz CT molecular complexity index is 1030. The first-order valence-electron chi connectivity index (χ1n) is 11.0. The van der Waals surface area contributed by atoms with Crippen molar-refractivity contribution in [3.05, 3.63) is 59.5 Å². The van der Waals surface area contributed by atoms with Crippen LogP contribution in [0.25, 0.3) is 11.4 Å². The Morgan fingerprint density at radius 1 is 1.00 bits per heavy atom. The molecule has 0 radical (unpaired) electrons. The van der Waals surface area contributed by atoms with E-state index in [1.165, 1.54) is 11.1 Å². The standard InChI is InChI=1S/C24H28N4O3/c1-2-29-22-6-4-3-5-20(22)24-25-23(31-26-24)17-28-12-10-27(11-13-28)16-18-7-8-21-19(15-18)9-14-30-21/h3-8,15H,2,9-14,16-17H2,1H3. The Morgan fingerprint density at radius 3 is 2.65 bits per heavy atom. The Labute approximate surface area is 182 Å². The van der Waals surface area contributed by atoms with E-state index in [1.54, 1.807) is 0 Å². The third kappa shape index (κ3) is 4.57. The van der Waals surface area contributed by atoms with Crippen molar-refractivity contribution in [2.75, 3.05) is 39.4 Å². The van der Waals surface area contributed by atoms with E-state index in [1.807, 2.05) is 31.2 Å². The number of ether oxygens (including phenoxy) is 2. The van der Waals surface area contributed by atoms with Gasteiger partial charge in [0.2, 0.25) is 11.7 Å². The van der Waals surface area contributed by atoms with Crippen LogP contribution in [-0.4, -0.2) is 59.3 Å². The number of fused-ring (bicyclic) bond motifs is 1. The Morgan fingerprint density at radius 2 is 1.81 bits per heavy atom. The van der Waals surface area contributed by atoms with E-state index in [0.29, 0.717) is 24.9 Å². The number of hydrogen-bond donors (Lipinski definition) is 0. The number of nitrogens with zero attached hydrogens (tertiary/aromatic N) is 4. The highest BCUT2D eigenvalue weighted by Crippen LogP contribution is 2.28. The van der Waals surface area contributed by atoms with Crippen molar-refractivity contribution < 1.29 is 14.0 Å². The zero-order valence-corrected chi connectivity index (χ0v) is 17.9. The molecule has 2 aromatic carbocycles. The summed E-state index contributed by atoms with van der Waals surface area (Å²) in [5.74, 6) is 3.06. The average molecular weight is 421 g/mol. The van der Waals surface area contributed by atoms with Gasteiger partial charge >= 0.3 is 0 Å². The highest BCUT2D eigenvalue weighted by atomic mass is 16.5. The fourth-order valence-electron chi connectivity index (χ4n) is 4.25. The summed E-state index contributed by atoms with van der Waals surface area (Å²) < 4.78 is 16.8. The first-order chi connectivity index (χ1) is 15.3. The maximum absolute atomic E-state index is 5.69. The van der Waals surface area contributed by atoms with Gasteiger partial charge in [-0.1, -0.05) is 29.4 Å². The number of benzene rings is 2. The van der Waals surface area contributed by atoms with Crippen molar-refractivity contribution in [1.82, 2.24) is 19.9 Å². The van der Waals surface area contributed by atoms with Crippen LogP contribution in [0.4, 0.5) is 0 Å². The second-order valence-corrected chi connectivity index (χ2v) is 8.03. The van der Waals surface area contributed by atoms with Crippen LogP contribution >= 0.6 is 0 Å². The minimum absolute atomic E-state index is 0.582. The van der Waals surface area contributed by atoms with E-state index in [2.05, 4.69) is 38.1 Å². The van der Waals surface area contributed by atoms with Gasteiger partial charge in [0, 0.05) is 39.1 Å². The van der Waals surface area contributed by atoms with Gasteiger partial charge in [-0.2, -0.15) is 4.98 Å². The lowest BCUT2D eigenvalue weighted by Crippen LogP contribution is -2.45. The summed E-state index contributed by atoms with van der Waals surface area (Å²) >= 11 is 0. The van der Waals surface area contributed by atoms with E-state index in [-0.39, 0.29) is 0 Å². The minimum atomic E-state index is 0.582. The Kier molecular flexibility index (Phi) is 5.86. The molecule has 1 aromatic heterocycles. The van der Waals surface area contributed by atoms with Crippen molar-refractivity contribution >= 4 is 0 Å². The largest absolute Gasteiger partial charge is 0.493 e. The number of piperazine rings is 1. The van der Waals surface area contributed by atoms with Gasteiger partial charge < -0.3 is 14.0 Å². The predicted octanol–water partition coefficient (Wildman–Crippen LogP) is 3.39. The second-order valence-electron chi connectivity index (χ2n) is 8.03. The van der Waals surface area contributed by atoms with Gasteiger partial charge in [0.15, 0.2) is 0 Å². The predicted molar refractivity (Wildman–Crippen MR) is 117 cm³/mol. The highest BCUT2D eigenvalue weighted by molar-refractivity contribution is 5.63. The summed E-state index contributed by atoms with van der Waals surface area (Å²) in [6.07, 6.45) is 1.03. The third-order valence-electron chi connectivity index (χ3n) is 5.88. The van der Waals surface area contributed by atoms with Crippen LogP contribution in [0.1, 0.15) is 23.9 Å². The van der Waals surface area contributed by atoms with Gasteiger partial charge in [0.25, 0.3) is 0 Å². The highest BCUT2D eigenvalue weighted by Gasteiger charge is 2.21. The van der Waals surface area contributed by atoms with Crippen LogP contribution < -0.4 is 9.47 Å². The maximum atomic E-state index is 5.69. The van der Waals surface area contributed by atoms with Crippen LogP contribution in [0.2, 0.25) is 0 Å². The average Bonchev–Trinajstić information content (AvgIpc) is 3.45. The summed E-state index contributed by atoms with van der Waals surface area (Å²) in [6.45, 7) is 9.08. The van der Waals surface area contributed by atoms with E-state index < -0.39 is 0 Å². The normalized spacial score (nSPS) is 16.8. The fourth-order valence-corrected chi connectivity index (χ4v) is 4.25. The molecule has 0 saturated carbocycles. The lowest BCUT2D eigenvalue weighted by molar-refractivity contribution is 0.112. The molecule has 7 nitrogen and oxygen atoms in total. The summed E-state index contributed by atoms with van der Waals surface area (Å²) in [6, 6.07) is 14.4. The van der Waals surface area contributed by atoms with Gasteiger partial charge in [-0.25, -0.2) is 0 Å². The molecule has 1 fully saturated rings. The quantitative estimate of drug-likeness (QED) is 0.581. The Hall–Kier alpha value is -2.90. The van der Waals surface area contributed by atoms with Gasteiger partial charge in [-0.3, -0.25) is 9.80 Å². The molecule has 0 atom stereocenters. The molecule has 0 amide bonds. The molecule has 7 heteroatoms. The molecule has 0 unspecified atom stereocenters. The van der Waals surface area contributed by atoms with Crippen molar-refractivity contribution in [2.24, 2.45) is 0 Å². The molecule has 0 N–H and O–H groups in total. The maximum Gasteiger partial charge on any atom is 0.241 e. The van der Waals surface area contributed by atoms with Crippen molar-refractivity contribution in [1.29, 1.82) is 0 Å². The third-order valence-corrected chi connectivity index (χ3v) is 5.88. The van der Waals surface area contributed by atoms with E-state index in [4.69, 9.17) is 14.0 Å². The summed E-state index contributed by atoms with van der Waals surface area (Å²) in [4.78, 5) is 9.49. The number of hydrogen-bond acceptors (Lipinski definition) is 7. The molecular formula is C24H28N4O3. The molecule has 0 bridgehead atoms. The molecule has 2 aliphatic heterocycles. The monoisotopic (exact) mass is 420 g/mol. The van der Waals surface area contributed by atoms with Crippen LogP contribution in [-0.2, 0) is 19.5 Å². The molecule has 3 heterocycles. The molecule has 1 saturated heterocycles. The minimum Gasteiger partial charge on any atom is -0.493 e. The lowest BCUT2D eigenvalue weighted by atomic mass is 10.1. The zero-order valence-electron chi connectivity index (χ0n) is 17.9. The van der Waals surface area contributed by atoms with E-state index in [0.717, 1.165) is 62.8 Å². The Balaban J connectivity index is 1.15. The molecular weight excluding hydrogens is 392 g/mol. The van der Waals surface area contributed by atoms with Crippen LogP contribution in [0.15, 0.2) is 47.0 Å². The van der Waals surface area contributed by atoms with Gasteiger partial charge in [0.1, 0.15) is 11.5 Å². The SMILES string of the molecule is CCOc1ccccc1-c1noc(CN2CCN(Cc3ccc4c(c3)CCO4)CC2)n1. The second kappa shape index (κ2) is 9.08. The number of rotatable bonds is 7. The van der Waals surface area contributed by atoms with Gasteiger partial charge in [0.05, 0.1) is 25.3 Å². The number of aromatic nitrogens is 2. The van der Waals surface area contributed by atoms with Crippen LogP contribution in [0, 0.1) is 0 Å². The number of para-hydroxylation sites is 1. The van der Waals surface area contributed by atoms with E-state index in [9.17, 15) is 0 Å². The molecule has 3 aromatic rings. The topological polar surface area (TPSA) is 63.9 Å². The molecule has 0 spiro atoms. The van der Waals surface area contributed by atoms with Gasteiger partial charge in [-0.05, 0) is 36.2 Å². The van der Waals surface area contributed by atoms with Crippen molar-refractivity contribution in [3.63, 3.8) is 0 Å². The van der Waals surface area contributed by atoms with Crippen molar-refractivity contribution in [3.8, 4) is 22.9 Å². The fraction of sp³-hybridized carbons (Fsp3) is 0.417. The summed E-state index contributed by atoms with van der Waals surface area (Å²) in [5.41, 5.74) is 3.57. The molecule has 162 valence electrons. The summed E-state index contributed by atoms with van der Waals surface area (Å²) in [5, 5.41) is 4.18. The lowest BCUT2D eigenvalue weighted by Gasteiger charge is -2.34. The summed E-state index contributed by atoms with van der Waals surface area (Å²) in [7, 11) is 0. The van der Waals surface area contributed by atoms with Crippen LogP contribution in [0.5, 0.6) is 11.5 Å². The van der Waals surface area contributed by atoms with E-state index >= 15 is 0 Å². The molecule has 31 heavy (non-hydrogen) atoms. The molecule has 0 aliphatic carbocycles. The molecule has 2 aliphatic rings. The van der Waals surface area contributed by atoms with Crippen LogP contribution in [0.3, 0.4) is 0 Å². The first kappa shape index (κ1) is 20.0.